The molecule has 0 aromatic rings. The van der Waals surface area contributed by atoms with Gasteiger partial charge in [-0.25, -0.2) is 0 Å². The summed E-state index contributed by atoms with van der Waals surface area (Å²) in [6.45, 7) is 0.491. The maximum Gasteiger partial charge on any atom is 0.396 e. The number of halogens is 4. The molecule has 0 unspecified atom stereocenters. The molecule has 1 fully saturated rings. The maximum atomic E-state index is 12.5. The van der Waals surface area contributed by atoms with Gasteiger partial charge in [0.05, 0.1) is 11.3 Å². The molecule has 0 bridgehead atoms. The topological polar surface area (TPSA) is 49.3 Å². The lowest BCUT2D eigenvalue weighted by Gasteiger charge is -2.30. The molecule has 1 aliphatic rings. The molecule has 14 heavy (non-hydrogen) atoms. The molecule has 0 saturated carbocycles. The van der Waals surface area contributed by atoms with Gasteiger partial charge in [0.25, 0.3) is 0 Å². The molecule has 0 spiro atoms. The number of nitrogens with one attached hydrogen (secondary N) is 1. The first-order chi connectivity index (χ1) is 5.79. The number of hydrogen-bond donors (Lipinski definition) is 2. The second-order valence-electron chi connectivity index (χ2n) is 3.44. The summed E-state index contributed by atoms with van der Waals surface area (Å²) in [4.78, 5) is 10.5. The minimum atomic E-state index is -4.47. The fraction of sp³-hybridized carbons (Fsp3) is 0.857. The van der Waals surface area contributed by atoms with Crippen molar-refractivity contribution in [2.45, 2.75) is 13.1 Å². The lowest BCUT2D eigenvalue weighted by Crippen LogP contribution is -2.44. The third kappa shape index (κ3) is 1.95. The fourth-order valence-corrected chi connectivity index (χ4v) is 1.48. The summed E-state index contributed by atoms with van der Waals surface area (Å²) in [5.74, 6) is -2.78. The molecule has 1 aliphatic heterocycles. The zero-order chi connectivity index (χ0) is 10.3. The third-order valence-corrected chi connectivity index (χ3v) is 2.56. The van der Waals surface area contributed by atoms with Crippen LogP contribution in [0.4, 0.5) is 13.2 Å². The summed E-state index contributed by atoms with van der Waals surface area (Å²) < 4.78 is 37.4. The van der Waals surface area contributed by atoms with Crippen molar-refractivity contribution < 1.29 is 23.1 Å². The van der Waals surface area contributed by atoms with Crippen molar-refractivity contribution in [1.82, 2.24) is 5.32 Å². The van der Waals surface area contributed by atoms with E-state index in [2.05, 4.69) is 5.32 Å². The Kier molecular flexibility index (Phi) is 3.80. The first kappa shape index (κ1) is 13.5. The molecule has 0 aliphatic carbocycles. The van der Waals surface area contributed by atoms with Gasteiger partial charge in [-0.2, -0.15) is 13.2 Å². The number of rotatable bonds is 1. The summed E-state index contributed by atoms with van der Waals surface area (Å²) in [5.41, 5.74) is -2.14. The van der Waals surface area contributed by atoms with Crippen molar-refractivity contribution >= 4 is 18.4 Å². The number of carboxylic acids is 1. The van der Waals surface area contributed by atoms with E-state index >= 15 is 0 Å². The van der Waals surface area contributed by atoms with E-state index in [0.29, 0.717) is 0 Å². The molecule has 0 aromatic heterocycles. The Hall–Kier alpha value is -0.490. The number of carbonyl (C=O) groups is 1. The van der Waals surface area contributed by atoms with Gasteiger partial charge in [-0.3, -0.25) is 4.79 Å². The van der Waals surface area contributed by atoms with Crippen molar-refractivity contribution in [2.24, 2.45) is 11.3 Å². The summed E-state index contributed by atoms with van der Waals surface area (Å²) in [7, 11) is 0. The first-order valence-corrected chi connectivity index (χ1v) is 3.79. The highest BCUT2D eigenvalue weighted by molar-refractivity contribution is 5.85. The molecule has 2 atom stereocenters. The summed E-state index contributed by atoms with van der Waals surface area (Å²) in [5, 5.41) is 11.0. The number of alkyl halides is 3. The quantitative estimate of drug-likeness (QED) is 0.717. The second-order valence-corrected chi connectivity index (χ2v) is 3.44. The Morgan fingerprint density at radius 3 is 2.36 bits per heavy atom. The molecule has 1 heterocycles. The van der Waals surface area contributed by atoms with Crippen LogP contribution in [0, 0.1) is 11.3 Å². The molecule has 0 aromatic carbocycles. The molecule has 0 radical (unpaired) electrons. The largest absolute Gasteiger partial charge is 0.481 e. The van der Waals surface area contributed by atoms with Crippen molar-refractivity contribution in [3.8, 4) is 0 Å². The highest BCUT2D eigenvalue weighted by Gasteiger charge is 2.60. The highest BCUT2D eigenvalue weighted by atomic mass is 35.5. The van der Waals surface area contributed by atoms with Crippen LogP contribution < -0.4 is 5.32 Å². The number of aliphatic carboxylic acids is 1. The van der Waals surface area contributed by atoms with Crippen LogP contribution in [0.3, 0.4) is 0 Å². The van der Waals surface area contributed by atoms with Crippen molar-refractivity contribution in [1.29, 1.82) is 0 Å². The summed E-state index contributed by atoms with van der Waals surface area (Å²) in [6.07, 6.45) is -4.47. The van der Waals surface area contributed by atoms with Gasteiger partial charge in [0, 0.05) is 13.1 Å². The average molecular weight is 234 g/mol. The average Bonchev–Trinajstić information content (AvgIpc) is 2.30. The maximum absolute atomic E-state index is 12.5. The van der Waals surface area contributed by atoms with E-state index in [-0.39, 0.29) is 25.5 Å². The highest BCUT2D eigenvalue weighted by Crippen LogP contribution is 2.45. The van der Waals surface area contributed by atoms with Gasteiger partial charge in [-0.15, -0.1) is 12.4 Å². The molecule has 2 N–H and O–H groups in total. The molecule has 3 nitrogen and oxygen atoms in total. The molecule has 1 rings (SSSR count). The van der Waals surface area contributed by atoms with E-state index < -0.39 is 23.5 Å². The van der Waals surface area contributed by atoms with Crippen LogP contribution in [0.5, 0.6) is 0 Å². The molecular weight excluding hydrogens is 223 g/mol. The van der Waals surface area contributed by atoms with Crippen LogP contribution in [-0.4, -0.2) is 30.3 Å². The standard InChI is InChI=1S/C7H10F3NO2.ClH/c1-6(7(8,9)10)3-11-2-4(6)5(12)13;/h4,11H,2-3H2,1H3,(H,12,13);1H/t4-,6+;/m1./s1. The minimum absolute atomic E-state index is 0. The predicted molar refractivity (Wildman–Crippen MR) is 45.4 cm³/mol. The Morgan fingerprint density at radius 2 is 2.07 bits per heavy atom. The normalized spacial score (nSPS) is 32.4. The van der Waals surface area contributed by atoms with Gasteiger partial charge < -0.3 is 10.4 Å². The van der Waals surface area contributed by atoms with E-state index in [1.54, 1.807) is 0 Å². The van der Waals surface area contributed by atoms with Crippen LogP contribution in [0.25, 0.3) is 0 Å². The molecule has 84 valence electrons. The minimum Gasteiger partial charge on any atom is -0.481 e. The lowest BCUT2D eigenvalue weighted by molar-refractivity contribution is -0.227. The Labute approximate surface area is 85.1 Å². The predicted octanol–water partition coefficient (Wildman–Crippen LogP) is 1.28. The van der Waals surface area contributed by atoms with Crippen LogP contribution >= 0.6 is 12.4 Å². The molecule has 0 amide bonds. The first-order valence-electron chi connectivity index (χ1n) is 3.79. The van der Waals surface area contributed by atoms with Crippen LogP contribution in [0.2, 0.25) is 0 Å². The van der Waals surface area contributed by atoms with Gasteiger partial charge in [0.2, 0.25) is 0 Å². The molecule has 7 heteroatoms. The van der Waals surface area contributed by atoms with Crippen LogP contribution in [-0.2, 0) is 4.79 Å². The molecule has 1 saturated heterocycles. The van der Waals surface area contributed by atoms with Crippen LogP contribution in [0.15, 0.2) is 0 Å². The van der Waals surface area contributed by atoms with E-state index in [4.69, 9.17) is 5.11 Å². The monoisotopic (exact) mass is 233 g/mol. The summed E-state index contributed by atoms with van der Waals surface area (Å²) in [6, 6.07) is 0. The van der Waals surface area contributed by atoms with E-state index in [1.807, 2.05) is 0 Å². The van der Waals surface area contributed by atoms with Gasteiger partial charge in [-0.05, 0) is 6.92 Å². The fourth-order valence-electron chi connectivity index (χ4n) is 1.48. The summed E-state index contributed by atoms with van der Waals surface area (Å²) >= 11 is 0. The Morgan fingerprint density at radius 1 is 1.57 bits per heavy atom. The van der Waals surface area contributed by atoms with Crippen LogP contribution in [0.1, 0.15) is 6.92 Å². The molecular formula is C7H11ClF3NO2. The second kappa shape index (κ2) is 3.94. The Balaban J connectivity index is 0.00000169. The smallest absolute Gasteiger partial charge is 0.396 e. The number of hydrogen-bond acceptors (Lipinski definition) is 2. The van der Waals surface area contributed by atoms with Crippen molar-refractivity contribution in [2.75, 3.05) is 13.1 Å². The van der Waals surface area contributed by atoms with E-state index in [0.717, 1.165) is 6.92 Å². The van der Waals surface area contributed by atoms with Crippen molar-refractivity contribution in [3.63, 3.8) is 0 Å². The van der Waals surface area contributed by atoms with E-state index in [1.165, 1.54) is 0 Å². The van der Waals surface area contributed by atoms with Crippen molar-refractivity contribution in [3.05, 3.63) is 0 Å². The zero-order valence-corrected chi connectivity index (χ0v) is 8.21. The SMILES string of the molecule is C[C@]1(C(F)(F)F)CNC[C@@H]1C(=O)O.Cl. The van der Waals surface area contributed by atoms with Gasteiger partial charge >= 0.3 is 12.1 Å². The third-order valence-electron chi connectivity index (χ3n) is 2.56. The Bertz CT molecular complexity index is 233. The number of carboxylic acid groups (broad SMARTS) is 1. The van der Waals surface area contributed by atoms with Gasteiger partial charge in [-0.1, -0.05) is 0 Å². The lowest BCUT2D eigenvalue weighted by atomic mass is 9.79. The van der Waals surface area contributed by atoms with Gasteiger partial charge in [0.1, 0.15) is 0 Å². The van der Waals surface area contributed by atoms with E-state index in [9.17, 15) is 18.0 Å². The van der Waals surface area contributed by atoms with Gasteiger partial charge in [0.15, 0.2) is 0 Å². The zero-order valence-electron chi connectivity index (χ0n) is 7.39.